The average Bonchev–Trinajstić information content (AvgIpc) is 2.66. The van der Waals surface area contributed by atoms with Gasteiger partial charge in [-0.1, -0.05) is 0 Å². The molecule has 1 rings (SSSR count). The molecule has 0 N–H and O–H groups in total. The fraction of sp³-hybridized carbons (Fsp3) is 0.571. The first kappa shape index (κ1) is 15.3. The Morgan fingerprint density at radius 1 is 1.16 bits per heavy atom. The minimum absolute atomic E-state index is 0.0870. The molecule has 0 aliphatic carbocycles. The zero-order valence-corrected chi connectivity index (χ0v) is 12.0. The van der Waals surface area contributed by atoms with Crippen molar-refractivity contribution >= 4 is 11.9 Å². The van der Waals surface area contributed by atoms with Crippen molar-refractivity contribution in [3.05, 3.63) is 23.0 Å². The molecule has 1 aromatic rings. The molecule has 0 atom stereocenters. The Morgan fingerprint density at radius 2 is 1.79 bits per heavy atom. The number of carbonyl (C=O) groups is 2. The van der Waals surface area contributed by atoms with Crippen LogP contribution in [0.1, 0.15) is 42.4 Å². The van der Waals surface area contributed by atoms with Gasteiger partial charge in [-0.3, -0.25) is 4.79 Å². The second-order valence-corrected chi connectivity index (χ2v) is 4.12. The quantitative estimate of drug-likeness (QED) is 0.741. The summed E-state index contributed by atoms with van der Waals surface area (Å²) >= 11 is 0. The third-order valence-corrected chi connectivity index (χ3v) is 2.82. The second-order valence-electron chi connectivity index (χ2n) is 4.12. The largest absolute Gasteiger partial charge is 0.466 e. The first-order valence-corrected chi connectivity index (χ1v) is 6.56. The molecule has 106 valence electrons. The molecule has 0 amide bonds. The van der Waals surface area contributed by atoms with Crippen molar-refractivity contribution in [3.63, 3.8) is 0 Å². The highest BCUT2D eigenvalue weighted by molar-refractivity contribution is 5.93. The van der Waals surface area contributed by atoms with Crippen LogP contribution in [0.15, 0.2) is 6.20 Å². The summed E-state index contributed by atoms with van der Waals surface area (Å²) < 4.78 is 11.9. The van der Waals surface area contributed by atoms with Gasteiger partial charge in [-0.2, -0.15) is 0 Å². The lowest BCUT2D eigenvalue weighted by Gasteiger charge is -2.09. The van der Waals surface area contributed by atoms with Crippen molar-refractivity contribution in [1.82, 2.24) is 4.57 Å². The third kappa shape index (κ3) is 3.59. The minimum Gasteiger partial charge on any atom is -0.466 e. The fourth-order valence-corrected chi connectivity index (χ4v) is 2.05. The van der Waals surface area contributed by atoms with E-state index in [-0.39, 0.29) is 18.4 Å². The molecule has 0 aromatic carbocycles. The van der Waals surface area contributed by atoms with Crippen molar-refractivity contribution in [2.75, 3.05) is 13.2 Å². The SMILES string of the molecule is CCOC(=O)Cc1c(C(=O)OCC)c(C)cn1CC. The van der Waals surface area contributed by atoms with Gasteiger partial charge in [0.2, 0.25) is 0 Å². The second kappa shape index (κ2) is 6.97. The molecule has 19 heavy (non-hydrogen) atoms. The van der Waals surface area contributed by atoms with Crippen molar-refractivity contribution in [2.45, 2.75) is 40.7 Å². The number of nitrogens with zero attached hydrogens (tertiary/aromatic N) is 1. The molecule has 0 spiro atoms. The standard InChI is InChI=1S/C14H21NO4/c1-5-15-9-10(4)13(14(17)19-7-3)11(15)8-12(16)18-6-2/h9H,5-8H2,1-4H3. The van der Waals surface area contributed by atoms with Crippen LogP contribution in [0.2, 0.25) is 0 Å². The number of hydrogen-bond acceptors (Lipinski definition) is 4. The number of aromatic nitrogens is 1. The molecule has 0 aliphatic rings. The summed E-state index contributed by atoms with van der Waals surface area (Å²) in [5.74, 6) is -0.715. The molecule has 5 heteroatoms. The van der Waals surface area contributed by atoms with Gasteiger partial charge in [0, 0.05) is 18.4 Å². The molecule has 0 bridgehead atoms. The van der Waals surface area contributed by atoms with Crippen LogP contribution in [0.5, 0.6) is 0 Å². The van der Waals surface area contributed by atoms with Gasteiger partial charge in [-0.25, -0.2) is 4.79 Å². The van der Waals surface area contributed by atoms with Crippen LogP contribution in [0, 0.1) is 6.92 Å². The number of carbonyl (C=O) groups excluding carboxylic acids is 2. The van der Waals surface area contributed by atoms with Crippen LogP contribution in [0.25, 0.3) is 0 Å². The molecule has 5 nitrogen and oxygen atoms in total. The molecule has 1 heterocycles. The fourth-order valence-electron chi connectivity index (χ4n) is 2.05. The maximum absolute atomic E-state index is 12.0. The van der Waals surface area contributed by atoms with Crippen LogP contribution in [-0.2, 0) is 27.2 Å². The smallest absolute Gasteiger partial charge is 0.340 e. The highest BCUT2D eigenvalue weighted by atomic mass is 16.5. The number of esters is 2. The Morgan fingerprint density at radius 3 is 2.32 bits per heavy atom. The Balaban J connectivity index is 3.11. The first-order chi connectivity index (χ1) is 9.04. The predicted molar refractivity (Wildman–Crippen MR) is 71.1 cm³/mol. The van der Waals surface area contributed by atoms with E-state index in [1.165, 1.54) is 0 Å². The van der Waals surface area contributed by atoms with E-state index in [2.05, 4.69) is 0 Å². The summed E-state index contributed by atoms with van der Waals surface area (Å²) in [6.45, 7) is 8.65. The van der Waals surface area contributed by atoms with E-state index in [1.807, 2.05) is 24.6 Å². The number of ether oxygens (including phenoxy) is 2. The molecule has 0 radical (unpaired) electrons. The molecule has 0 saturated heterocycles. The maximum atomic E-state index is 12.0. The summed E-state index contributed by atoms with van der Waals surface area (Å²) in [5.41, 5.74) is 1.97. The van der Waals surface area contributed by atoms with E-state index < -0.39 is 0 Å². The van der Waals surface area contributed by atoms with Crippen molar-refractivity contribution in [1.29, 1.82) is 0 Å². The molecule has 0 unspecified atom stereocenters. The lowest BCUT2D eigenvalue weighted by Crippen LogP contribution is -2.16. The van der Waals surface area contributed by atoms with Crippen molar-refractivity contribution < 1.29 is 19.1 Å². The number of rotatable bonds is 6. The Bertz CT molecular complexity index is 462. The van der Waals surface area contributed by atoms with Crippen LogP contribution in [-0.4, -0.2) is 29.7 Å². The summed E-state index contributed by atoms with van der Waals surface area (Å²) in [7, 11) is 0. The number of hydrogen-bond donors (Lipinski definition) is 0. The van der Waals surface area contributed by atoms with Gasteiger partial charge in [-0.15, -0.1) is 0 Å². The van der Waals surface area contributed by atoms with Gasteiger partial charge in [0.1, 0.15) is 0 Å². The van der Waals surface area contributed by atoms with Crippen molar-refractivity contribution in [2.24, 2.45) is 0 Å². The third-order valence-electron chi connectivity index (χ3n) is 2.82. The van der Waals surface area contributed by atoms with Crippen LogP contribution in [0.3, 0.4) is 0 Å². The average molecular weight is 267 g/mol. The highest BCUT2D eigenvalue weighted by Crippen LogP contribution is 2.19. The normalized spacial score (nSPS) is 10.3. The van der Waals surface area contributed by atoms with Crippen LogP contribution in [0.4, 0.5) is 0 Å². The molecule has 0 aliphatic heterocycles. The molecular weight excluding hydrogens is 246 g/mol. The van der Waals surface area contributed by atoms with E-state index >= 15 is 0 Å². The summed E-state index contributed by atoms with van der Waals surface area (Å²) in [5, 5.41) is 0. The minimum atomic E-state index is -0.383. The lowest BCUT2D eigenvalue weighted by molar-refractivity contribution is -0.142. The van der Waals surface area contributed by atoms with Gasteiger partial charge >= 0.3 is 11.9 Å². The van der Waals surface area contributed by atoms with E-state index in [0.29, 0.717) is 31.0 Å². The molecule has 0 saturated carbocycles. The maximum Gasteiger partial charge on any atom is 0.340 e. The zero-order chi connectivity index (χ0) is 14.4. The topological polar surface area (TPSA) is 57.5 Å². The first-order valence-electron chi connectivity index (χ1n) is 6.56. The van der Waals surface area contributed by atoms with E-state index in [9.17, 15) is 9.59 Å². The van der Waals surface area contributed by atoms with Crippen LogP contribution < -0.4 is 0 Å². The van der Waals surface area contributed by atoms with Crippen molar-refractivity contribution in [3.8, 4) is 0 Å². The van der Waals surface area contributed by atoms with Gasteiger partial charge in [-0.05, 0) is 33.3 Å². The molecule has 0 fully saturated rings. The van der Waals surface area contributed by atoms with E-state index in [4.69, 9.17) is 9.47 Å². The van der Waals surface area contributed by atoms with E-state index in [0.717, 1.165) is 5.56 Å². The summed E-state index contributed by atoms with van der Waals surface area (Å²) in [4.78, 5) is 23.6. The molecular formula is C14H21NO4. The summed E-state index contributed by atoms with van der Waals surface area (Å²) in [6.07, 6.45) is 1.95. The Labute approximate surface area is 113 Å². The molecule has 1 aromatic heterocycles. The monoisotopic (exact) mass is 267 g/mol. The van der Waals surface area contributed by atoms with E-state index in [1.54, 1.807) is 13.8 Å². The Kier molecular flexibility index (Phi) is 5.60. The zero-order valence-electron chi connectivity index (χ0n) is 12.0. The van der Waals surface area contributed by atoms with Gasteiger partial charge < -0.3 is 14.0 Å². The van der Waals surface area contributed by atoms with Gasteiger partial charge in [0.25, 0.3) is 0 Å². The highest BCUT2D eigenvalue weighted by Gasteiger charge is 2.22. The Hall–Kier alpha value is -1.78. The van der Waals surface area contributed by atoms with Gasteiger partial charge in [0.15, 0.2) is 0 Å². The van der Waals surface area contributed by atoms with Crippen LogP contribution >= 0.6 is 0 Å². The van der Waals surface area contributed by atoms with Gasteiger partial charge in [0.05, 0.1) is 25.2 Å². The predicted octanol–water partition coefficient (Wildman–Crippen LogP) is 2.10. The lowest BCUT2D eigenvalue weighted by atomic mass is 10.1. The summed E-state index contributed by atoms with van der Waals surface area (Å²) in [6, 6.07) is 0. The number of aryl methyl sites for hydroxylation is 2.